The molecular formula is C15H12F2O3. The summed E-state index contributed by atoms with van der Waals surface area (Å²) >= 11 is 0. The van der Waals surface area contributed by atoms with Crippen molar-refractivity contribution in [1.82, 2.24) is 0 Å². The van der Waals surface area contributed by atoms with E-state index in [-0.39, 0.29) is 6.61 Å². The molecule has 1 unspecified atom stereocenters. The van der Waals surface area contributed by atoms with Crippen molar-refractivity contribution in [3.05, 3.63) is 65.7 Å². The summed E-state index contributed by atoms with van der Waals surface area (Å²) in [6, 6.07) is 10.6. The van der Waals surface area contributed by atoms with Gasteiger partial charge in [0.1, 0.15) is 29.9 Å². The zero-order valence-electron chi connectivity index (χ0n) is 10.4. The fraction of sp³-hybridized carbons (Fsp3) is 0.133. The van der Waals surface area contributed by atoms with Crippen LogP contribution in [0.5, 0.6) is 5.75 Å². The summed E-state index contributed by atoms with van der Waals surface area (Å²) in [6.07, 6.45) is 0. The van der Waals surface area contributed by atoms with E-state index < -0.39 is 23.5 Å². The Morgan fingerprint density at radius 1 is 1.10 bits per heavy atom. The summed E-state index contributed by atoms with van der Waals surface area (Å²) in [5, 5.41) is 9.18. The number of aliphatic carboxylic acids is 1. The molecule has 0 aliphatic heterocycles. The van der Waals surface area contributed by atoms with Crippen LogP contribution in [-0.2, 0) is 4.79 Å². The van der Waals surface area contributed by atoms with Crippen LogP contribution in [0.3, 0.4) is 0 Å². The molecule has 0 aliphatic rings. The molecule has 2 aromatic rings. The van der Waals surface area contributed by atoms with Crippen LogP contribution in [0.4, 0.5) is 8.78 Å². The van der Waals surface area contributed by atoms with E-state index in [0.717, 1.165) is 6.07 Å². The Bertz CT molecular complexity index is 596. The van der Waals surface area contributed by atoms with Gasteiger partial charge in [0, 0.05) is 0 Å². The minimum absolute atomic E-state index is 0.162. The van der Waals surface area contributed by atoms with Crippen LogP contribution < -0.4 is 4.74 Å². The van der Waals surface area contributed by atoms with E-state index in [4.69, 9.17) is 4.74 Å². The van der Waals surface area contributed by atoms with E-state index in [1.807, 2.05) is 0 Å². The molecule has 0 aromatic heterocycles. The number of hydrogen-bond donors (Lipinski definition) is 1. The summed E-state index contributed by atoms with van der Waals surface area (Å²) in [6.45, 7) is -0.162. The van der Waals surface area contributed by atoms with Crippen molar-refractivity contribution in [1.29, 1.82) is 0 Å². The van der Waals surface area contributed by atoms with E-state index in [2.05, 4.69) is 0 Å². The fourth-order valence-electron chi connectivity index (χ4n) is 1.74. The van der Waals surface area contributed by atoms with Gasteiger partial charge in [0.15, 0.2) is 0 Å². The predicted octanol–water partition coefficient (Wildman–Crippen LogP) is 3.21. The van der Waals surface area contributed by atoms with Crippen molar-refractivity contribution >= 4 is 5.97 Å². The van der Waals surface area contributed by atoms with Gasteiger partial charge in [-0.3, -0.25) is 4.79 Å². The van der Waals surface area contributed by atoms with Crippen LogP contribution in [0.15, 0.2) is 48.5 Å². The molecule has 2 rings (SSSR count). The van der Waals surface area contributed by atoms with E-state index >= 15 is 0 Å². The number of rotatable bonds is 5. The van der Waals surface area contributed by atoms with Gasteiger partial charge in [-0.25, -0.2) is 8.78 Å². The van der Waals surface area contributed by atoms with Crippen LogP contribution in [0.2, 0.25) is 0 Å². The average molecular weight is 278 g/mol. The smallest absolute Gasteiger partial charge is 0.314 e. The molecule has 0 heterocycles. The first-order valence-electron chi connectivity index (χ1n) is 5.93. The SMILES string of the molecule is O=C(O)C(COc1ccc(F)cc1)c1cccc(F)c1. The van der Waals surface area contributed by atoms with Crippen molar-refractivity contribution in [3.63, 3.8) is 0 Å². The van der Waals surface area contributed by atoms with E-state index in [0.29, 0.717) is 11.3 Å². The Kier molecular flexibility index (Phi) is 4.30. The van der Waals surface area contributed by atoms with Crippen LogP contribution in [0, 0.1) is 11.6 Å². The molecule has 20 heavy (non-hydrogen) atoms. The Morgan fingerprint density at radius 2 is 1.80 bits per heavy atom. The highest BCUT2D eigenvalue weighted by Gasteiger charge is 2.21. The summed E-state index contributed by atoms with van der Waals surface area (Å²) in [5.74, 6) is -2.66. The van der Waals surface area contributed by atoms with Gasteiger partial charge >= 0.3 is 5.97 Å². The number of carboxylic acids is 1. The quantitative estimate of drug-likeness (QED) is 0.913. The van der Waals surface area contributed by atoms with E-state index in [1.54, 1.807) is 0 Å². The third-order valence-electron chi connectivity index (χ3n) is 2.78. The van der Waals surface area contributed by atoms with Gasteiger partial charge in [-0.2, -0.15) is 0 Å². The van der Waals surface area contributed by atoms with E-state index in [1.165, 1.54) is 42.5 Å². The van der Waals surface area contributed by atoms with Gasteiger partial charge < -0.3 is 9.84 Å². The lowest BCUT2D eigenvalue weighted by atomic mass is 10.0. The number of carboxylic acid groups (broad SMARTS) is 1. The molecule has 3 nitrogen and oxygen atoms in total. The number of carbonyl (C=O) groups is 1. The first-order valence-corrected chi connectivity index (χ1v) is 5.93. The minimum atomic E-state index is -1.11. The highest BCUT2D eigenvalue weighted by Crippen LogP contribution is 2.20. The lowest BCUT2D eigenvalue weighted by molar-refractivity contribution is -0.139. The molecule has 0 bridgehead atoms. The number of hydrogen-bond acceptors (Lipinski definition) is 2. The maximum absolute atomic E-state index is 13.1. The number of halogens is 2. The maximum Gasteiger partial charge on any atom is 0.314 e. The molecule has 0 aliphatic carbocycles. The molecule has 5 heteroatoms. The maximum atomic E-state index is 13.1. The molecule has 0 spiro atoms. The third kappa shape index (κ3) is 3.54. The third-order valence-corrected chi connectivity index (χ3v) is 2.78. The molecule has 104 valence electrons. The molecule has 1 atom stereocenters. The van der Waals surface area contributed by atoms with Gasteiger partial charge in [-0.05, 0) is 42.0 Å². The molecule has 2 aromatic carbocycles. The highest BCUT2D eigenvalue weighted by atomic mass is 19.1. The lowest BCUT2D eigenvalue weighted by Gasteiger charge is -2.14. The minimum Gasteiger partial charge on any atom is -0.492 e. The van der Waals surface area contributed by atoms with Gasteiger partial charge in [0.2, 0.25) is 0 Å². The molecule has 1 N–H and O–H groups in total. The van der Waals surface area contributed by atoms with Gasteiger partial charge in [-0.1, -0.05) is 12.1 Å². The van der Waals surface area contributed by atoms with Crippen LogP contribution in [0.1, 0.15) is 11.5 Å². The van der Waals surface area contributed by atoms with Gasteiger partial charge in [0.05, 0.1) is 0 Å². The van der Waals surface area contributed by atoms with Crippen molar-refractivity contribution in [3.8, 4) is 5.75 Å². The summed E-state index contributed by atoms with van der Waals surface area (Å²) < 4.78 is 31.2. The highest BCUT2D eigenvalue weighted by molar-refractivity contribution is 5.76. The van der Waals surface area contributed by atoms with E-state index in [9.17, 15) is 18.7 Å². The molecule has 0 fully saturated rings. The largest absolute Gasteiger partial charge is 0.492 e. The first-order chi connectivity index (χ1) is 9.56. The second kappa shape index (κ2) is 6.14. The Labute approximate surface area is 114 Å². The topological polar surface area (TPSA) is 46.5 Å². The zero-order valence-corrected chi connectivity index (χ0v) is 10.4. The Balaban J connectivity index is 2.10. The van der Waals surface area contributed by atoms with Crippen LogP contribution >= 0.6 is 0 Å². The summed E-state index contributed by atoms with van der Waals surface area (Å²) in [5.41, 5.74) is 0.319. The van der Waals surface area contributed by atoms with Gasteiger partial charge in [0.25, 0.3) is 0 Å². The Hall–Kier alpha value is -2.43. The van der Waals surface area contributed by atoms with Crippen molar-refractivity contribution in [2.75, 3.05) is 6.61 Å². The van der Waals surface area contributed by atoms with Crippen molar-refractivity contribution < 1.29 is 23.4 Å². The van der Waals surface area contributed by atoms with Gasteiger partial charge in [-0.15, -0.1) is 0 Å². The molecule has 0 amide bonds. The predicted molar refractivity (Wildman–Crippen MR) is 68.7 cm³/mol. The van der Waals surface area contributed by atoms with Crippen molar-refractivity contribution in [2.45, 2.75) is 5.92 Å². The second-order valence-electron chi connectivity index (χ2n) is 4.21. The van der Waals surface area contributed by atoms with Crippen LogP contribution in [-0.4, -0.2) is 17.7 Å². The average Bonchev–Trinajstić information content (AvgIpc) is 2.41. The molecule has 0 radical (unpaired) electrons. The molecule has 0 saturated heterocycles. The van der Waals surface area contributed by atoms with Crippen molar-refractivity contribution in [2.24, 2.45) is 0 Å². The fourth-order valence-corrected chi connectivity index (χ4v) is 1.74. The standard InChI is InChI=1S/C15H12F2O3/c16-11-4-6-13(7-5-11)20-9-14(15(18)19)10-2-1-3-12(17)8-10/h1-8,14H,9H2,(H,18,19). The molecule has 0 saturated carbocycles. The Morgan fingerprint density at radius 3 is 2.40 bits per heavy atom. The molecular weight excluding hydrogens is 266 g/mol. The second-order valence-corrected chi connectivity index (χ2v) is 4.21. The monoisotopic (exact) mass is 278 g/mol. The summed E-state index contributed by atoms with van der Waals surface area (Å²) in [4.78, 5) is 11.2. The normalized spacial score (nSPS) is 11.9. The van der Waals surface area contributed by atoms with Crippen LogP contribution in [0.25, 0.3) is 0 Å². The summed E-state index contributed by atoms with van der Waals surface area (Å²) in [7, 11) is 0. The number of ether oxygens (including phenoxy) is 1. The first kappa shape index (κ1) is 14.0. The zero-order chi connectivity index (χ0) is 14.5. The number of benzene rings is 2. The lowest BCUT2D eigenvalue weighted by Crippen LogP contribution is -2.19.